The molecule has 0 bridgehead atoms. The lowest BCUT2D eigenvalue weighted by atomic mass is 10.1. The lowest BCUT2D eigenvalue weighted by Crippen LogP contribution is -2.15. The van der Waals surface area contributed by atoms with Gasteiger partial charge in [0.25, 0.3) is 5.91 Å². The molecule has 0 spiro atoms. The molecule has 1 amide bonds. The first-order chi connectivity index (χ1) is 13.4. The number of amides is 1. The zero-order valence-corrected chi connectivity index (χ0v) is 16.9. The maximum atomic E-state index is 13.0. The van der Waals surface area contributed by atoms with Gasteiger partial charge in [-0.25, -0.2) is 0 Å². The average molecular weight is 379 g/mol. The summed E-state index contributed by atoms with van der Waals surface area (Å²) < 4.78 is 12.6. The summed E-state index contributed by atoms with van der Waals surface area (Å²) in [6, 6.07) is 13.6. The zero-order valence-electron chi connectivity index (χ0n) is 16.9. The predicted octanol–water partition coefficient (Wildman–Crippen LogP) is 4.13. The molecule has 0 aliphatic carbocycles. The Hall–Kier alpha value is -3.28. The number of aryl methyl sites for hydroxylation is 2. The normalized spacial score (nSPS) is 10.6. The number of hydrogen-bond donors (Lipinski definition) is 1. The fourth-order valence-electron chi connectivity index (χ4n) is 3.27. The Morgan fingerprint density at radius 2 is 1.68 bits per heavy atom. The van der Waals surface area contributed by atoms with Gasteiger partial charge in [-0.3, -0.25) is 9.48 Å². The van der Waals surface area contributed by atoms with Crippen LogP contribution in [-0.4, -0.2) is 29.9 Å². The second-order valence-electron chi connectivity index (χ2n) is 6.68. The van der Waals surface area contributed by atoms with Gasteiger partial charge in [0.2, 0.25) is 0 Å². The summed E-state index contributed by atoms with van der Waals surface area (Å²) in [5, 5.41) is 7.59. The molecule has 0 aliphatic heterocycles. The van der Waals surface area contributed by atoms with Crippen molar-refractivity contribution in [3.05, 3.63) is 70.5 Å². The highest BCUT2D eigenvalue weighted by Gasteiger charge is 2.21. The number of aromatic nitrogens is 2. The zero-order chi connectivity index (χ0) is 20.3. The maximum absolute atomic E-state index is 13.0. The monoisotopic (exact) mass is 379 g/mol. The molecule has 0 radical (unpaired) electrons. The molecule has 0 saturated carbocycles. The van der Waals surface area contributed by atoms with Crippen LogP contribution in [0.15, 0.2) is 42.5 Å². The number of anilines is 1. The van der Waals surface area contributed by atoms with Gasteiger partial charge in [-0.1, -0.05) is 35.9 Å². The molecular weight excluding hydrogens is 354 g/mol. The first kappa shape index (κ1) is 19.5. The first-order valence-electron chi connectivity index (χ1n) is 9.06. The van der Waals surface area contributed by atoms with Gasteiger partial charge in [0.1, 0.15) is 17.1 Å². The van der Waals surface area contributed by atoms with E-state index in [-0.39, 0.29) is 5.91 Å². The summed E-state index contributed by atoms with van der Waals surface area (Å²) in [7, 11) is 3.06. The van der Waals surface area contributed by atoms with Crippen LogP contribution in [0.5, 0.6) is 11.5 Å². The molecule has 6 heteroatoms. The highest BCUT2D eigenvalue weighted by atomic mass is 16.5. The van der Waals surface area contributed by atoms with Crippen molar-refractivity contribution < 1.29 is 14.3 Å². The van der Waals surface area contributed by atoms with Crippen LogP contribution in [0.4, 0.5) is 5.69 Å². The summed E-state index contributed by atoms with van der Waals surface area (Å²) in [5.41, 5.74) is 5.07. The molecule has 0 unspecified atom stereocenters. The molecule has 146 valence electrons. The Balaban J connectivity index is 1.90. The third-order valence-corrected chi connectivity index (χ3v) is 4.69. The van der Waals surface area contributed by atoms with E-state index in [4.69, 9.17) is 9.47 Å². The highest BCUT2D eigenvalue weighted by Crippen LogP contribution is 2.30. The molecule has 3 rings (SSSR count). The van der Waals surface area contributed by atoms with Gasteiger partial charge in [-0.15, -0.1) is 0 Å². The van der Waals surface area contributed by atoms with Gasteiger partial charge >= 0.3 is 0 Å². The van der Waals surface area contributed by atoms with Gasteiger partial charge in [-0.05, 0) is 38.5 Å². The smallest absolute Gasteiger partial charge is 0.263 e. The van der Waals surface area contributed by atoms with Crippen molar-refractivity contribution in [2.45, 2.75) is 27.3 Å². The van der Waals surface area contributed by atoms with Crippen LogP contribution in [-0.2, 0) is 6.54 Å². The Labute approximate surface area is 165 Å². The largest absolute Gasteiger partial charge is 0.496 e. The fraction of sp³-hybridized carbons (Fsp3) is 0.273. The molecule has 0 fully saturated rings. The SMILES string of the molecule is COc1cccc(OC)c1C(=O)Nc1c(C)nn(Cc2cccc(C)c2)c1C. The molecule has 2 aromatic carbocycles. The molecule has 6 nitrogen and oxygen atoms in total. The number of carbonyl (C=O) groups is 1. The molecule has 3 aromatic rings. The van der Waals surface area contributed by atoms with Crippen LogP contribution in [0.25, 0.3) is 0 Å². The summed E-state index contributed by atoms with van der Waals surface area (Å²) in [4.78, 5) is 13.0. The molecule has 0 saturated heterocycles. The minimum Gasteiger partial charge on any atom is -0.496 e. The third-order valence-electron chi connectivity index (χ3n) is 4.69. The summed E-state index contributed by atoms with van der Waals surface area (Å²) in [5.74, 6) is 0.620. The van der Waals surface area contributed by atoms with Gasteiger partial charge in [0.15, 0.2) is 0 Å². The molecule has 0 atom stereocenters. The van der Waals surface area contributed by atoms with Crippen LogP contribution in [0, 0.1) is 20.8 Å². The van der Waals surface area contributed by atoms with Gasteiger partial charge in [0.05, 0.1) is 37.8 Å². The molecule has 28 heavy (non-hydrogen) atoms. The topological polar surface area (TPSA) is 65.4 Å². The molecule has 1 heterocycles. The number of nitrogens with zero attached hydrogens (tertiary/aromatic N) is 2. The second kappa shape index (κ2) is 8.17. The number of carbonyl (C=O) groups excluding carboxylic acids is 1. The third kappa shape index (κ3) is 3.86. The fourth-order valence-corrected chi connectivity index (χ4v) is 3.27. The number of hydrogen-bond acceptors (Lipinski definition) is 4. The number of benzene rings is 2. The van der Waals surface area contributed by atoms with Crippen molar-refractivity contribution in [3.8, 4) is 11.5 Å². The van der Waals surface area contributed by atoms with Crippen molar-refractivity contribution in [2.75, 3.05) is 19.5 Å². The van der Waals surface area contributed by atoms with E-state index in [1.54, 1.807) is 18.2 Å². The quantitative estimate of drug-likeness (QED) is 0.699. The number of methoxy groups -OCH3 is 2. The van der Waals surface area contributed by atoms with Crippen LogP contribution in [0.2, 0.25) is 0 Å². The van der Waals surface area contributed by atoms with Gasteiger partial charge in [0, 0.05) is 0 Å². The first-order valence-corrected chi connectivity index (χ1v) is 9.06. The summed E-state index contributed by atoms with van der Waals surface area (Å²) >= 11 is 0. The Morgan fingerprint density at radius 3 is 2.29 bits per heavy atom. The van der Waals surface area contributed by atoms with E-state index < -0.39 is 0 Å². The van der Waals surface area contributed by atoms with E-state index in [1.165, 1.54) is 19.8 Å². The highest BCUT2D eigenvalue weighted by molar-refractivity contribution is 6.08. The molecule has 1 N–H and O–H groups in total. The van der Waals surface area contributed by atoms with Crippen molar-refractivity contribution in [1.29, 1.82) is 0 Å². The van der Waals surface area contributed by atoms with Crippen LogP contribution in [0.3, 0.4) is 0 Å². The summed E-state index contributed by atoms with van der Waals surface area (Å²) in [6.07, 6.45) is 0. The second-order valence-corrected chi connectivity index (χ2v) is 6.68. The standard InChI is InChI=1S/C22H25N3O3/c1-14-8-6-9-17(12-14)13-25-16(3)21(15(2)24-25)23-22(26)20-18(27-4)10-7-11-19(20)28-5/h6-12H,13H2,1-5H3,(H,23,26). The van der Waals surface area contributed by atoms with Crippen molar-refractivity contribution >= 4 is 11.6 Å². The lowest BCUT2D eigenvalue weighted by Gasteiger charge is -2.13. The minimum absolute atomic E-state index is 0.296. The molecule has 0 aliphatic rings. The van der Waals surface area contributed by atoms with Gasteiger partial charge < -0.3 is 14.8 Å². The number of ether oxygens (including phenoxy) is 2. The van der Waals surface area contributed by atoms with Gasteiger partial charge in [-0.2, -0.15) is 5.10 Å². The van der Waals surface area contributed by atoms with Crippen LogP contribution >= 0.6 is 0 Å². The van der Waals surface area contributed by atoms with E-state index in [9.17, 15) is 4.79 Å². The van der Waals surface area contributed by atoms with Crippen LogP contribution in [0.1, 0.15) is 32.9 Å². The Kier molecular flexibility index (Phi) is 5.68. The Morgan fingerprint density at radius 1 is 1.04 bits per heavy atom. The Bertz CT molecular complexity index is 986. The van der Waals surface area contributed by atoms with Crippen LogP contribution < -0.4 is 14.8 Å². The lowest BCUT2D eigenvalue weighted by molar-refractivity contribution is 0.102. The van der Waals surface area contributed by atoms with E-state index in [0.29, 0.717) is 29.3 Å². The molecule has 1 aromatic heterocycles. The van der Waals surface area contributed by atoms with E-state index >= 15 is 0 Å². The average Bonchev–Trinajstić information content (AvgIpc) is 2.94. The van der Waals surface area contributed by atoms with E-state index in [0.717, 1.165) is 17.0 Å². The predicted molar refractivity (Wildman–Crippen MR) is 109 cm³/mol. The molecular formula is C22H25N3O3. The number of nitrogens with one attached hydrogen (secondary N) is 1. The minimum atomic E-state index is -0.296. The maximum Gasteiger partial charge on any atom is 0.263 e. The van der Waals surface area contributed by atoms with E-state index in [1.807, 2.05) is 24.6 Å². The van der Waals surface area contributed by atoms with Crippen molar-refractivity contribution in [1.82, 2.24) is 9.78 Å². The van der Waals surface area contributed by atoms with Crippen molar-refractivity contribution in [2.24, 2.45) is 0 Å². The van der Waals surface area contributed by atoms with Crippen molar-refractivity contribution in [3.63, 3.8) is 0 Å². The summed E-state index contributed by atoms with van der Waals surface area (Å²) in [6.45, 7) is 6.54. The van der Waals surface area contributed by atoms with E-state index in [2.05, 4.69) is 35.5 Å². The number of rotatable bonds is 6.